The zero-order valence-corrected chi connectivity index (χ0v) is 10.9. The Kier molecular flexibility index (Phi) is 4.86. The van der Waals surface area contributed by atoms with E-state index in [-0.39, 0.29) is 5.82 Å². The van der Waals surface area contributed by atoms with Gasteiger partial charge in [0.15, 0.2) is 11.6 Å². The van der Waals surface area contributed by atoms with Crippen molar-refractivity contribution in [1.29, 1.82) is 0 Å². The minimum absolute atomic E-state index is 0.320. The van der Waals surface area contributed by atoms with E-state index in [4.69, 9.17) is 4.74 Å². The smallest absolute Gasteiger partial charge is 0.165 e. The van der Waals surface area contributed by atoms with Crippen molar-refractivity contribution >= 4 is 0 Å². The summed E-state index contributed by atoms with van der Waals surface area (Å²) in [4.78, 5) is 3.94. The van der Waals surface area contributed by atoms with E-state index >= 15 is 0 Å². The zero-order chi connectivity index (χ0) is 13.5. The molecule has 19 heavy (non-hydrogen) atoms. The zero-order valence-electron chi connectivity index (χ0n) is 10.9. The third-order valence-electron chi connectivity index (χ3n) is 2.75. The van der Waals surface area contributed by atoms with E-state index in [9.17, 15) is 4.39 Å². The number of pyridine rings is 1. The fourth-order valence-electron chi connectivity index (χ4n) is 1.75. The molecule has 1 heterocycles. The van der Waals surface area contributed by atoms with Gasteiger partial charge in [0, 0.05) is 24.5 Å². The van der Waals surface area contributed by atoms with Crippen LogP contribution in [0.15, 0.2) is 42.7 Å². The Labute approximate surface area is 112 Å². The first-order valence-electron chi connectivity index (χ1n) is 6.31. The molecule has 0 unspecified atom stereocenters. The molecule has 2 rings (SSSR count). The van der Waals surface area contributed by atoms with Gasteiger partial charge in [0.2, 0.25) is 0 Å². The average Bonchev–Trinajstić information content (AvgIpc) is 2.45. The number of rotatable bonds is 6. The molecule has 0 saturated carbocycles. The molecular weight excluding hydrogens is 243 g/mol. The third kappa shape index (κ3) is 3.76. The molecular formula is C15H17FN2O. The van der Waals surface area contributed by atoms with E-state index in [1.807, 2.05) is 25.1 Å². The lowest BCUT2D eigenvalue weighted by Crippen LogP contribution is -2.13. The maximum Gasteiger partial charge on any atom is 0.165 e. The largest absolute Gasteiger partial charge is 0.485 e. The van der Waals surface area contributed by atoms with Gasteiger partial charge in [-0.05, 0) is 30.3 Å². The lowest BCUT2D eigenvalue weighted by Gasteiger charge is -2.12. The Morgan fingerprint density at radius 3 is 2.74 bits per heavy atom. The van der Waals surface area contributed by atoms with Crippen LogP contribution in [0.25, 0.3) is 0 Å². The SMILES string of the molecule is CCNCc1cccc(F)c1OCc1ccncc1. The van der Waals surface area contributed by atoms with Gasteiger partial charge in [-0.25, -0.2) is 4.39 Å². The van der Waals surface area contributed by atoms with E-state index < -0.39 is 0 Å². The van der Waals surface area contributed by atoms with Crippen molar-refractivity contribution in [3.63, 3.8) is 0 Å². The fraction of sp³-hybridized carbons (Fsp3) is 0.267. The standard InChI is InChI=1S/C15H17FN2O/c1-2-17-10-13-4-3-5-14(16)15(13)19-11-12-6-8-18-9-7-12/h3-9,17H,2,10-11H2,1H3. The molecule has 1 aromatic carbocycles. The van der Waals surface area contributed by atoms with Crippen molar-refractivity contribution in [1.82, 2.24) is 10.3 Å². The van der Waals surface area contributed by atoms with Crippen LogP contribution in [0.1, 0.15) is 18.1 Å². The van der Waals surface area contributed by atoms with Crippen LogP contribution in [0.5, 0.6) is 5.75 Å². The van der Waals surface area contributed by atoms with E-state index in [1.54, 1.807) is 18.5 Å². The Balaban J connectivity index is 2.10. The van der Waals surface area contributed by atoms with Gasteiger partial charge in [-0.15, -0.1) is 0 Å². The summed E-state index contributed by atoms with van der Waals surface area (Å²) in [6.07, 6.45) is 3.39. The Hall–Kier alpha value is -1.94. The lowest BCUT2D eigenvalue weighted by molar-refractivity contribution is 0.286. The van der Waals surface area contributed by atoms with E-state index in [0.29, 0.717) is 18.9 Å². The van der Waals surface area contributed by atoms with Crippen LogP contribution in [-0.4, -0.2) is 11.5 Å². The number of hydrogen-bond acceptors (Lipinski definition) is 3. The molecule has 0 atom stereocenters. The van der Waals surface area contributed by atoms with Gasteiger partial charge < -0.3 is 10.1 Å². The second-order valence-electron chi connectivity index (χ2n) is 4.15. The van der Waals surface area contributed by atoms with E-state index in [2.05, 4.69) is 10.3 Å². The van der Waals surface area contributed by atoms with Crippen LogP contribution in [0.4, 0.5) is 4.39 Å². The molecule has 0 aliphatic heterocycles. The molecule has 3 nitrogen and oxygen atoms in total. The number of hydrogen-bond donors (Lipinski definition) is 1. The van der Waals surface area contributed by atoms with Crippen molar-refractivity contribution in [2.75, 3.05) is 6.54 Å². The molecule has 0 aliphatic rings. The summed E-state index contributed by atoms with van der Waals surface area (Å²) >= 11 is 0. The molecule has 0 spiro atoms. The number of para-hydroxylation sites is 1. The summed E-state index contributed by atoms with van der Waals surface area (Å²) in [6, 6.07) is 8.68. The third-order valence-corrected chi connectivity index (χ3v) is 2.75. The molecule has 0 saturated heterocycles. The van der Waals surface area contributed by atoms with Crippen LogP contribution in [-0.2, 0) is 13.2 Å². The number of benzene rings is 1. The predicted molar refractivity (Wildman–Crippen MR) is 72.3 cm³/mol. The Bertz CT molecular complexity index is 517. The van der Waals surface area contributed by atoms with Gasteiger partial charge in [0.1, 0.15) is 6.61 Å². The number of nitrogens with zero attached hydrogens (tertiary/aromatic N) is 1. The predicted octanol–water partition coefficient (Wildman–Crippen LogP) is 2.91. The van der Waals surface area contributed by atoms with Crippen molar-refractivity contribution in [3.8, 4) is 5.75 Å². The highest BCUT2D eigenvalue weighted by Crippen LogP contribution is 2.23. The molecule has 1 aromatic heterocycles. The molecule has 2 aromatic rings. The number of halogens is 1. The second-order valence-corrected chi connectivity index (χ2v) is 4.15. The minimum atomic E-state index is -0.329. The van der Waals surface area contributed by atoms with Crippen LogP contribution in [0.2, 0.25) is 0 Å². The van der Waals surface area contributed by atoms with Gasteiger partial charge in [0.05, 0.1) is 0 Å². The van der Waals surface area contributed by atoms with Crippen molar-refractivity contribution < 1.29 is 9.13 Å². The normalized spacial score (nSPS) is 10.4. The van der Waals surface area contributed by atoms with Crippen LogP contribution in [0, 0.1) is 5.82 Å². The lowest BCUT2D eigenvalue weighted by atomic mass is 10.2. The van der Waals surface area contributed by atoms with Gasteiger partial charge in [0.25, 0.3) is 0 Å². The summed E-state index contributed by atoms with van der Waals surface area (Å²) in [5, 5.41) is 3.17. The van der Waals surface area contributed by atoms with Crippen LogP contribution < -0.4 is 10.1 Å². The number of aromatic nitrogens is 1. The molecule has 0 radical (unpaired) electrons. The average molecular weight is 260 g/mol. The first-order valence-corrected chi connectivity index (χ1v) is 6.31. The molecule has 0 fully saturated rings. The monoisotopic (exact) mass is 260 g/mol. The van der Waals surface area contributed by atoms with Crippen molar-refractivity contribution in [2.45, 2.75) is 20.1 Å². The summed E-state index contributed by atoms with van der Waals surface area (Å²) in [6.45, 7) is 3.78. The molecule has 1 N–H and O–H groups in total. The van der Waals surface area contributed by atoms with Gasteiger partial charge in [-0.2, -0.15) is 0 Å². The second kappa shape index (κ2) is 6.85. The first-order chi connectivity index (χ1) is 9.31. The molecule has 4 heteroatoms. The summed E-state index contributed by atoms with van der Waals surface area (Å²) < 4.78 is 19.4. The quantitative estimate of drug-likeness (QED) is 0.867. The topological polar surface area (TPSA) is 34.1 Å². The number of nitrogens with one attached hydrogen (secondary N) is 1. The molecule has 0 amide bonds. The maximum absolute atomic E-state index is 13.8. The van der Waals surface area contributed by atoms with Crippen LogP contribution in [0.3, 0.4) is 0 Å². The van der Waals surface area contributed by atoms with E-state index in [1.165, 1.54) is 6.07 Å². The van der Waals surface area contributed by atoms with Gasteiger partial charge in [-0.1, -0.05) is 19.1 Å². The number of ether oxygens (including phenoxy) is 1. The molecule has 100 valence electrons. The van der Waals surface area contributed by atoms with Crippen LogP contribution >= 0.6 is 0 Å². The Morgan fingerprint density at radius 2 is 2.00 bits per heavy atom. The highest BCUT2D eigenvalue weighted by molar-refractivity contribution is 5.35. The van der Waals surface area contributed by atoms with Crippen molar-refractivity contribution in [2.24, 2.45) is 0 Å². The Morgan fingerprint density at radius 1 is 1.21 bits per heavy atom. The fourth-order valence-corrected chi connectivity index (χ4v) is 1.75. The van der Waals surface area contributed by atoms with Gasteiger partial charge >= 0.3 is 0 Å². The van der Waals surface area contributed by atoms with Gasteiger partial charge in [-0.3, -0.25) is 4.98 Å². The minimum Gasteiger partial charge on any atom is -0.485 e. The van der Waals surface area contributed by atoms with Crippen molar-refractivity contribution in [3.05, 3.63) is 59.7 Å². The molecule has 0 bridgehead atoms. The highest BCUT2D eigenvalue weighted by Gasteiger charge is 2.09. The van der Waals surface area contributed by atoms with E-state index in [0.717, 1.165) is 17.7 Å². The summed E-state index contributed by atoms with van der Waals surface area (Å²) in [5.41, 5.74) is 1.79. The summed E-state index contributed by atoms with van der Waals surface area (Å²) in [5.74, 6) is -0.00952. The summed E-state index contributed by atoms with van der Waals surface area (Å²) in [7, 11) is 0. The molecule has 0 aliphatic carbocycles. The highest BCUT2D eigenvalue weighted by atomic mass is 19.1. The first kappa shape index (κ1) is 13.5. The maximum atomic E-state index is 13.8.